The van der Waals surface area contributed by atoms with E-state index in [1.165, 1.54) is 6.08 Å². The molecule has 144 valence electrons. The van der Waals surface area contributed by atoms with Crippen LogP contribution in [-0.2, 0) is 9.59 Å². The molecule has 2 aromatic rings. The highest BCUT2D eigenvalue weighted by Gasteiger charge is 2.37. The van der Waals surface area contributed by atoms with Crippen LogP contribution in [0.4, 0.5) is 10.5 Å². The number of anilines is 1. The van der Waals surface area contributed by atoms with Gasteiger partial charge in [0.1, 0.15) is 11.3 Å². The molecule has 0 aliphatic carbocycles. The molecule has 0 bridgehead atoms. The van der Waals surface area contributed by atoms with Crippen LogP contribution in [-0.4, -0.2) is 24.5 Å². The molecule has 7 heteroatoms. The van der Waals surface area contributed by atoms with Gasteiger partial charge in [0, 0.05) is 0 Å². The van der Waals surface area contributed by atoms with Gasteiger partial charge in [-0.05, 0) is 77.7 Å². The van der Waals surface area contributed by atoms with Gasteiger partial charge in [-0.3, -0.25) is 14.9 Å². The number of halogens is 1. The lowest BCUT2D eigenvalue weighted by molar-refractivity contribution is -0.122. The molecule has 1 aliphatic heterocycles. The molecule has 6 nitrogen and oxygen atoms in total. The molecule has 2 aromatic carbocycles. The second-order valence-corrected chi connectivity index (χ2v) is 7.15. The molecular weight excluding hydrogens is 424 g/mol. The zero-order valence-electron chi connectivity index (χ0n) is 15.7. The van der Waals surface area contributed by atoms with Crippen LogP contribution >= 0.6 is 15.9 Å². The Kier molecular flexibility index (Phi) is 5.65. The van der Waals surface area contributed by atoms with Crippen LogP contribution in [0.5, 0.6) is 5.75 Å². The number of nitrogens with one attached hydrogen (secondary N) is 1. The van der Waals surface area contributed by atoms with Gasteiger partial charge in [0.05, 0.1) is 16.8 Å². The molecular formula is C21H19BrN2O4. The summed E-state index contributed by atoms with van der Waals surface area (Å²) < 4.78 is 6.17. The maximum absolute atomic E-state index is 13.0. The molecule has 0 radical (unpaired) electrons. The molecule has 0 atom stereocenters. The van der Waals surface area contributed by atoms with E-state index in [0.717, 1.165) is 16.0 Å². The standard InChI is InChI=1S/C21H19BrN2O4/c1-4-28-18-9-8-14(11-16(18)22)10-15-19(25)23-21(27)24(20(15)26)17-7-5-6-12(2)13(17)3/h5-11H,4H2,1-3H3,(H,23,25,27)/b15-10+. The topological polar surface area (TPSA) is 75.7 Å². The van der Waals surface area contributed by atoms with E-state index in [4.69, 9.17) is 4.74 Å². The van der Waals surface area contributed by atoms with Crippen LogP contribution in [0.25, 0.3) is 6.08 Å². The number of benzene rings is 2. The van der Waals surface area contributed by atoms with Crippen LogP contribution in [0.1, 0.15) is 23.6 Å². The second-order valence-electron chi connectivity index (χ2n) is 6.30. The van der Waals surface area contributed by atoms with Crippen molar-refractivity contribution in [1.29, 1.82) is 0 Å². The van der Waals surface area contributed by atoms with Gasteiger partial charge in [-0.25, -0.2) is 9.69 Å². The maximum Gasteiger partial charge on any atom is 0.335 e. The van der Waals surface area contributed by atoms with Crippen LogP contribution in [0.2, 0.25) is 0 Å². The molecule has 1 N–H and O–H groups in total. The molecule has 1 fully saturated rings. The Morgan fingerprint density at radius 2 is 1.89 bits per heavy atom. The number of hydrogen-bond donors (Lipinski definition) is 1. The number of rotatable bonds is 4. The smallest absolute Gasteiger partial charge is 0.335 e. The first kappa shape index (κ1) is 19.8. The predicted octanol–water partition coefficient (Wildman–Crippen LogP) is 4.13. The minimum Gasteiger partial charge on any atom is -0.493 e. The molecule has 3 rings (SSSR count). The zero-order chi connectivity index (χ0) is 20.4. The number of urea groups is 1. The molecule has 4 amide bonds. The predicted molar refractivity (Wildman–Crippen MR) is 110 cm³/mol. The summed E-state index contributed by atoms with van der Waals surface area (Å²) >= 11 is 3.41. The third-order valence-electron chi connectivity index (χ3n) is 4.49. The molecule has 1 saturated heterocycles. The first-order valence-electron chi connectivity index (χ1n) is 8.73. The average molecular weight is 443 g/mol. The highest BCUT2D eigenvalue weighted by Crippen LogP contribution is 2.29. The van der Waals surface area contributed by atoms with Crippen LogP contribution < -0.4 is 15.0 Å². The summed E-state index contributed by atoms with van der Waals surface area (Å²) in [5.74, 6) is -0.717. The highest BCUT2D eigenvalue weighted by molar-refractivity contribution is 9.10. The minimum absolute atomic E-state index is 0.114. The van der Waals surface area contributed by atoms with Crippen molar-refractivity contribution in [1.82, 2.24) is 5.32 Å². The van der Waals surface area contributed by atoms with E-state index in [9.17, 15) is 14.4 Å². The molecule has 0 aromatic heterocycles. The number of hydrogen-bond acceptors (Lipinski definition) is 4. The lowest BCUT2D eigenvalue weighted by Gasteiger charge is -2.28. The average Bonchev–Trinajstić information content (AvgIpc) is 2.64. The number of carbonyl (C=O) groups excluding carboxylic acids is 3. The van der Waals surface area contributed by atoms with Crippen molar-refractivity contribution in [2.24, 2.45) is 0 Å². The van der Waals surface area contributed by atoms with E-state index in [-0.39, 0.29) is 5.57 Å². The second kappa shape index (κ2) is 7.98. The quantitative estimate of drug-likeness (QED) is 0.570. The summed E-state index contributed by atoms with van der Waals surface area (Å²) in [5, 5.41) is 2.24. The van der Waals surface area contributed by atoms with E-state index in [0.29, 0.717) is 28.1 Å². The summed E-state index contributed by atoms with van der Waals surface area (Å²) in [4.78, 5) is 38.7. The first-order chi connectivity index (χ1) is 13.3. The van der Waals surface area contributed by atoms with Crippen LogP contribution in [0, 0.1) is 13.8 Å². The molecule has 1 aliphatic rings. The van der Waals surface area contributed by atoms with Crippen molar-refractivity contribution in [3.8, 4) is 5.75 Å². The third kappa shape index (κ3) is 3.71. The number of ether oxygens (including phenoxy) is 1. The minimum atomic E-state index is -0.756. The summed E-state index contributed by atoms with van der Waals surface area (Å²) in [6, 6.07) is 9.82. The van der Waals surface area contributed by atoms with E-state index in [1.54, 1.807) is 30.3 Å². The highest BCUT2D eigenvalue weighted by atomic mass is 79.9. The Balaban J connectivity index is 2.01. The van der Waals surface area contributed by atoms with Crippen molar-refractivity contribution in [2.45, 2.75) is 20.8 Å². The van der Waals surface area contributed by atoms with Crippen LogP contribution in [0.15, 0.2) is 46.4 Å². The fourth-order valence-corrected chi connectivity index (χ4v) is 3.41. The fraction of sp³-hybridized carbons (Fsp3) is 0.190. The SMILES string of the molecule is CCOc1ccc(/C=C2\C(=O)NC(=O)N(c3cccc(C)c3C)C2=O)cc1Br. The normalized spacial score (nSPS) is 15.8. The number of amides is 4. The van der Waals surface area contributed by atoms with Crippen LogP contribution in [0.3, 0.4) is 0 Å². The largest absolute Gasteiger partial charge is 0.493 e. The molecule has 1 heterocycles. The Hall–Kier alpha value is -2.93. The molecule has 0 saturated carbocycles. The van der Waals surface area contributed by atoms with E-state index < -0.39 is 17.8 Å². The monoisotopic (exact) mass is 442 g/mol. The van der Waals surface area contributed by atoms with Gasteiger partial charge in [-0.1, -0.05) is 18.2 Å². The number of nitrogens with zero attached hydrogens (tertiary/aromatic N) is 1. The summed E-state index contributed by atoms with van der Waals surface area (Å²) in [5.41, 5.74) is 2.70. The summed E-state index contributed by atoms with van der Waals surface area (Å²) in [7, 11) is 0. The van der Waals surface area contributed by atoms with Gasteiger partial charge in [-0.15, -0.1) is 0 Å². The van der Waals surface area contributed by atoms with Crippen molar-refractivity contribution in [3.63, 3.8) is 0 Å². The summed E-state index contributed by atoms with van der Waals surface area (Å²) in [6.07, 6.45) is 1.46. The number of aryl methyl sites for hydroxylation is 1. The van der Waals surface area contributed by atoms with Gasteiger partial charge in [0.15, 0.2) is 0 Å². The number of barbiturate groups is 1. The summed E-state index contributed by atoms with van der Waals surface area (Å²) in [6.45, 7) is 6.12. The third-order valence-corrected chi connectivity index (χ3v) is 5.11. The fourth-order valence-electron chi connectivity index (χ4n) is 2.90. The maximum atomic E-state index is 13.0. The van der Waals surface area contributed by atoms with Gasteiger partial charge in [0.25, 0.3) is 11.8 Å². The van der Waals surface area contributed by atoms with Gasteiger partial charge >= 0.3 is 6.03 Å². The van der Waals surface area contributed by atoms with E-state index >= 15 is 0 Å². The van der Waals surface area contributed by atoms with Crippen molar-refractivity contribution in [2.75, 3.05) is 11.5 Å². The van der Waals surface area contributed by atoms with Gasteiger partial charge in [-0.2, -0.15) is 0 Å². The zero-order valence-corrected chi connectivity index (χ0v) is 17.3. The van der Waals surface area contributed by atoms with E-state index in [1.807, 2.05) is 26.8 Å². The Morgan fingerprint density at radius 1 is 1.14 bits per heavy atom. The molecule has 0 spiro atoms. The lowest BCUT2D eigenvalue weighted by Crippen LogP contribution is -2.54. The van der Waals surface area contributed by atoms with Crippen molar-refractivity contribution in [3.05, 3.63) is 63.1 Å². The molecule has 0 unspecified atom stereocenters. The van der Waals surface area contributed by atoms with Gasteiger partial charge in [0.2, 0.25) is 0 Å². The van der Waals surface area contributed by atoms with E-state index in [2.05, 4.69) is 21.2 Å². The Bertz CT molecular complexity index is 1010. The first-order valence-corrected chi connectivity index (χ1v) is 9.52. The van der Waals surface area contributed by atoms with Gasteiger partial charge < -0.3 is 4.74 Å². The molecule has 28 heavy (non-hydrogen) atoms. The Morgan fingerprint density at radius 3 is 2.57 bits per heavy atom. The number of carbonyl (C=O) groups is 3. The number of imide groups is 2. The lowest BCUT2D eigenvalue weighted by atomic mass is 10.0. The Labute approximate surface area is 171 Å². The van der Waals surface area contributed by atoms with Crippen molar-refractivity contribution >= 4 is 45.5 Å². The van der Waals surface area contributed by atoms with Crippen molar-refractivity contribution < 1.29 is 19.1 Å².